The van der Waals surface area contributed by atoms with Crippen LogP contribution in [0.4, 0.5) is 0 Å². The Labute approximate surface area is 63.1 Å². The summed E-state index contributed by atoms with van der Waals surface area (Å²) >= 11 is 0. The molecule has 0 rings (SSSR count). The smallest absolute Gasteiger partial charge is 0.0720 e. The van der Waals surface area contributed by atoms with Crippen LogP contribution in [0.1, 0.15) is 26.2 Å². The highest BCUT2D eigenvalue weighted by Crippen LogP contribution is 2.01. The van der Waals surface area contributed by atoms with Crippen LogP contribution in [0, 0.1) is 0 Å². The van der Waals surface area contributed by atoms with Gasteiger partial charge in [0.25, 0.3) is 0 Å². The van der Waals surface area contributed by atoms with E-state index in [-0.39, 0.29) is 6.10 Å². The van der Waals surface area contributed by atoms with E-state index in [4.69, 9.17) is 5.11 Å². The van der Waals surface area contributed by atoms with Gasteiger partial charge in [-0.3, -0.25) is 0 Å². The zero-order chi connectivity index (χ0) is 7.82. The molecule has 0 aliphatic heterocycles. The summed E-state index contributed by atoms with van der Waals surface area (Å²) in [6, 6.07) is 0. The van der Waals surface area contributed by atoms with Crippen molar-refractivity contribution in [1.82, 2.24) is 0 Å². The normalized spacial score (nSPS) is 13.8. The Morgan fingerprint density at radius 3 is 2.80 bits per heavy atom. The monoisotopic (exact) mass is 140 g/mol. The highest BCUT2D eigenvalue weighted by atomic mass is 16.3. The lowest BCUT2D eigenvalue weighted by Crippen LogP contribution is -2.00. The maximum atomic E-state index is 9.15. The summed E-state index contributed by atoms with van der Waals surface area (Å²) in [5.74, 6) is 0. The van der Waals surface area contributed by atoms with Gasteiger partial charge in [-0.15, -0.1) is 6.58 Å². The molecule has 0 saturated heterocycles. The molecule has 1 N–H and O–H groups in total. The first kappa shape index (κ1) is 9.44. The molecule has 0 amide bonds. The van der Waals surface area contributed by atoms with Gasteiger partial charge in [0.1, 0.15) is 0 Å². The Hall–Kier alpha value is -0.560. The molecule has 0 spiro atoms. The van der Waals surface area contributed by atoms with Gasteiger partial charge in [0.05, 0.1) is 6.10 Å². The van der Waals surface area contributed by atoms with E-state index in [0.29, 0.717) is 0 Å². The Balaban J connectivity index is 3.20. The lowest BCUT2D eigenvalue weighted by Gasteiger charge is -2.01. The number of aliphatic hydroxyl groups excluding tert-OH is 1. The van der Waals surface area contributed by atoms with Crippen LogP contribution in [0.25, 0.3) is 0 Å². The number of rotatable bonds is 5. The predicted molar refractivity (Wildman–Crippen MR) is 44.9 cm³/mol. The minimum Gasteiger partial charge on any atom is -0.389 e. The van der Waals surface area contributed by atoms with Crippen LogP contribution in [0.15, 0.2) is 24.8 Å². The number of allylic oxidation sites excluding steroid dienone is 2. The molecule has 0 bridgehead atoms. The van der Waals surface area contributed by atoms with Crippen molar-refractivity contribution in [3.05, 3.63) is 24.8 Å². The van der Waals surface area contributed by atoms with Gasteiger partial charge < -0.3 is 5.11 Å². The zero-order valence-corrected chi connectivity index (χ0v) is 6.59. The fourth-order valence-corrected chi connectivity index (χ4v) is 0.790. The summed E-state index contributed by atoms with van der Waals surface area (Å²) < 4.78 is 0. The summed E-state index contributed by atoms with van der Waals surface area (Å²) in [5, 5.41) is 9.15. The molecular weight excluding hydrogens is 124 g/mol. The minimum atomic E-state index is -0.259. The highest BCUT2D eigenvalue weighted by molar-refractivity contribution is 4.85. The molecule has 0 radical (unpaired) electrons. The number of aliphatic hydroxyl groups is 1. The first-order chi connectivity index (χ1) is 4.81. The van der Waals surface area contributed by atoms with Crippen LogP contribution in [-0.4, -0.2) is 11.2 Å². The van der Waals surface area contributed by atoms with E-state index in [1.807, 2.05) is 25.2 Å². The fourth-order valence-electron chi connectivity index (χ4n) is 0.790. The van der Waals surface area contributed by atoms with E-state index in [0.717, 1.165) is 19.3 Å². The van der Waals surface area contributed by atoms with Gasteiger partial charge >= 0.3 is 0 Å². The average molecular weight is 140 g/mol. The lowest BCUT2D eigenvalue weighted by molar-refractivity contribution is 0.210. The van der Waals surface area contributed by atoms with Gasteiger partial charge in [-0.05, 0) is 26.2 Å². The third kappa shape index (κ3) is 5.57. The Kier molecular flexibility index (Phi) is 6.19. The molecule has 1 unspecified atom stereocenters. The molecule has 0 saturated carbocycles. The lowest BCUT2D eigenvalue weighted by atomic mass is 10.1. The second kappa shape index (κ2) is 6.56. The molecule has 1 nitrogen and oxygen atoms in total. The maximum absolute atomic E-state index is 9.15. The third-order valence-electron chi connectivity index (χ3n) is 1.32. The molecule has 0 fully saturated rings. The second-order valence-corrected chi connectivity index (χ2v) is 2.31. The second-order valence-electron chi connectivity index (χ2n) is 2.31. The van der Waals surface area contributed by atoms with E-state index >= 15 is 0 Å². The topological polar surface area (TPSA) is 20.2 Å². The van der Waals surface area contributed by atoms with Crippen LogP contribution < -0.4 is 0 Å². The molecule has 58 valence electrons. The van der Waals surface area contributed by atoms with Crippen molar-refractivity contribution >= 4 is 0 Å². The summed E-state index contributed by atoms with van der Waals surface area (Å²) in [7, 11) is 0. The highest BCUT2D eigenvalue weighted by Gasteiger charge is 1.95. The summed E-state index contributed by atoms with van der Waals surface area (Å²) in [6.07, 6.45) is 8.16. The fraction of sp³-hybridized carbons (Fsp3) is 0.556. The maximum Gasteiger partial charge on any atom is 0.0720 e. The summed E-state index contributed by atoms with van der Waals surface area (Å²) in [5.41, 5.74) is 0. The van der Waals surface area contributed by atoms with Gasteiger partial charge in [-0.2, -0.15) is 0 Å². The summed E-state index contributed by atoms with van der Waals surface area (Å²) in [6.45, 7) is 5.52. The van der Waals surface area contributed by atoms with Gasteiger partial charge in [0.15, 0.2) is 0 Å². The molecule has 0 aromatic carbocycles. The van der Waals surface area contributed by atoms with Crippen molar-refractivity contribution in [3.63, 3.8) is 0 Å². The van der Waals surface area contributed by atoms with Crippen molar-refractivity contribution in [2.45, 2.75) is 32.3 Å². The largest absolute Gasteiger partial charge is 0.389 e. The first-order valence-corrected chi connectivity index (χ1v) is 3.73. The molecule has 0 aromatic heterocycles. The van der Waals surface area contributed by atoms with E-state index in [2.05, 4.69) is 6.58 Å². The minimum absolute atomic E-state index is 0.259. The first-order valence-electron chi connectivity index (χ1n) is 3.73. The van der Waals surface area contributed by atoms with E-state index in [1.165, 1.54) is 0 Å². The SMILES string of the molecule is C=CCCCC(O)C=CC. The van der Waals surface area contributed by atoms with Gasteiger partial charge in [-0.25, -0.2) is 0 Å². The molecule has 0 aromatic rings. The molecule has 10 heavy (non-hydrogen) atoms. The Morgan fingerprint density at radius 2 is 2.30 bits per heavy atom. The summed E-state index contributed by atoms with van der Waals surface area (Å²) in [4.78, 5) is 0. The number of hydrogen-bond acceptors (Lipinski definition) is 1. The standard InChI is InChI=1S/C9H16O/c1-3-5-6-8-9(10)7-4-2/h3-4,7,9-10H,1,5-6,8H2,2H3. The van der Waals surface area contributed by atoms with E-state index in [1.54, 1.807) is 0 Å². The quantitative estimate of drug-likeness (QED) is 0.459. The molecule has 0 aliphatic rings. The van der Waals surface area contributed by atoms with Crippen LogP contribution in [0.3, 0.4) is 0 Å². The Bertz CT molecular complexity index is 105. The van der Waals surface area contributed by atoms with Gasteiger partial charge in [0, 0.05) is 0 Å². The van der Waals surface area contributed by atoms with Crippen LogP contribution in [0.2, 0.25) is 0 Å². The van der Waals surface area contributed by atoms with E-state index in [9.17, 15) is 0 Å². The van der Waals surface area contributed by atoms with E-state index < -0.39 is 0 Å². The van der Waals surface area contributed by atoms with Crippen molar-refractivity contribution in [2.24, 2.45) is 0 Å². The van der Waals surface area contributed by atoms with Crippen molar-refractivity contribution < 1.29 is 5.11 Å². The van der Waals surface area contributed by atoms with Gasteiger partial charge in [0.2, 0.25) is 0 Å². The Morgan fingerprint density at radius 1 is 1.60 bits per heavy atom. The van der Waals surface area contributed by atoms with Crippen LogP contribution in [0.5, 0.6) is 0 Å². The van der Waals surface area contributed by atoms with Crippen LogP contribution in [-0.2, 0) is 0 Å². The predicted octanol–water partition coefficient (Wildman–Crippen LogP) is 2.28. The van der Waals surface area contributed by atoms with Crippen molar-refractivity contribution in [2.75, 3.05) is 0 Å². The molecule has 0 heterocycles. The average Bonchev–Trinajstić information content (AvgIpc) is 1.89. The zero-order valence-electron chi connectivity index (χ0n) is 6.59. The van der Waals surface area contributed by atoms with Gasteiger partial charge in [-0.1, -0.05) is 18.2 Å². The number of unbranched alkanes of at least 4 members (excludes halogenated alkanes) is 1. The third-order valence-corrected chi connectivity index (χ3v) is 1.32. The van der Waals surface area contributed by atoms with Crippen molar-refractivity contribution in [1.29, 1.82) is 0 Å². The number of hydrogen-bond donors (Lipinski definition) is 1. The van der Waals surface area contributed by atoms with Crippen molar-refractivity contribution in [3.8, 4) is 0 Å². The molecular formula is C9H16O. The molecule has 1 atom stereocenters. The molecule has 1 heteroatoms. The van der Waals surface area contributed by atoms with Crippen LogP contribution >= 0.6 is 0 Å². The molecule has 0 aliphatic carbocycles.